The van der Waals surface area contributed by atoms with E-state index in [9.17, 15) is 18.5 Å². The first-order chi connectivity index (χ1) is 10.7. The van der Waals surface area contributed by atoms with E-state index in [0.717, 1.165) is 23.0 Å². The van der Waals surface area contributed by atoms with Gasteiger partial charge in [-0.2, -0.15) is 0 Å². The molecule has 0 amide bonds. The SMILES string of the molecule is C=CC(c1c(C)cc(C)cc1C)S(=O)(=O)n1cnc([N+](=O)[O-])n1. The van der Waals surface area contributed by atoms with E-state index in [2.05, 4.69) is 16.7 Å². The average Bonchev–Trinajstić information content (AvgIpc) is 2.92. The minimum absolute atomic E-state index is 0.524. The van der Waals surface area contributed by atoms with E-state index in [1.54, 1.807) is 0 Å². The molecule has 2 rings (SSSR count). The number of aromatic nitrogens is 3. The third-order valence-electron chi connectivity index (χ3n) is 3.44. The molecular formula is C14H16N4O4S. The molecule has 1 unspecified atom stereocenters. The van der Waals surface area contributed by atoms with Gasteiger partial charge in [0.2, 0.25) is 6.33 Å². The molecule has 23 heavy (non-hydrogen) atoms. The topological polar surface area (TPSA) is 108 Å². The van der Waals surface area contributed by atoms with Gasteiger partial charge in [-0.3, -0.25) is 0 Å². The molecule has 2 aromatic rings. The Bertz CT molecular complexity index is 863. The van der Waals surface area contributed by atoms with Crippen molar-refractivity contribution >= 4 is 16.0 Å². The predicted octanol–water partition coefficient (Wildman–Crippen LogP) is 2.22. The summed E-state index contributed by atoms with van der Waals surface area (Å²) >= 11 is 0. The van der Waals surface area contributed by atoms with Gasteiger partial charge in [-0.05, 0) is 47.4 Å². The van der Waals surface area contributed by atoms with Crippen LogP contribution in [0, 0.1) is 30.9 Å². The Morgan fingerprint density at radius 1 is 1.30 bits per heavy atom. The molecule has 0 saturated carbocycles. The molecule has 122 valence electrons. The first-order valence-corrected chi connectivity index (χ1v) is 8.19. The zero-order valence-corrected chi connectivity index (χ0v) is 13.7. The monoisotopic (exact) mass is 336 g/mol. The summed E-state index contributed by atoms with van der Waals surface area (Å²) < 4.78 is 26.0. The van der Waals surface area contributed by atoms with Crippen molar-refractivity contribution in [2.45, 2.75) is 26.0 Å². The Labute approximate surface area is 133 Å². The number of benzene rings is 1. The standard InChI is InChI=1S/C14H16N4O4S/c1-5-12(13-10(3)6-9(2)7-11(13)4)23(21,22)17-8-15-14(16-17)18(19)20/h5-8,12H,1H2,2-4H3. The summed E-state index contributed by atoms with van der Waals surface area (Å²) in [6, 6.07) is 3.75. The summed E-state index contributed by atoms with van der Waals surface area (Å²) in [7, 11) is -4.05. The van der Waals surface area contributed by atoms with Crippen LogP contribution >= 0.6 is 0 Å². The Kier molecular flexibility index (Phi) is 4.33. The van der Waals surface area contributed by atoms with Crippen molar-refractivity contribution in [2.24, 2.45) is 0 Å². The number of nitro groups is 1. The number of hydrogen-bond donors (Lipinski definition) is 0. The smallest absolute Gasteiger partial charge is 0.390 e. The van der Waals surface area contributed by atoms with Gasteiger partial charge < -0.3 is 10.1 Å². The van der Waals surface area contributed by atoms with Crippen molar-refractivity contribution in [1.29, 1.82) is 0 Å². The second kappa shape index (κ2) is 5.92. The van der Waals surface area contributed by atoms with Gasteiger partial charge in [-0.25, -0.2) is 8.42 Å². The summed E-state index contributed by atoms with van der Waals surface area (Å²) in [6.45, 7) is 9.14. The van der Waals surface area contributed by atoms with Crippen LogP contribution in [-0.4, -0.2) is 27.5 Å². The molecule has 1 atom stereocenters. The number of aryl methyl sites for hydroxylation is 3. The van der Waals surface area contributed by atoms with Crippen molar-refractivity contribution in [1.82, 2.24) is 14.2 Å². The third-order valence-corrected chi connectivity index (χ3v) is 5.21. The minimum atomic E-state index is -4.05. The average molecular weight is 336 g/mol. The van der Waals surface area contributed by atoms with Crippen LogP contribution < -0.4 is 0 Å². The molecule has 0 aliphatic rings. The molecule has 0 aliphatic carbocycles. The zero-order valence-electron chi connectivity index (χ0n) is 12.9. The van der Waals surface area contributed by atoms with Gasteiger partial charge in [0.15, 0.2) is 0 Å². The second-order valence-corrected chi connectivity index (χ2v) is 7.10. The van der Waals surface area contributed by atoms with Gasteiger partial charge in [0, 0.05) is 5.10 Å². The lowest BCUT2D eigenvalue weighted by Gasteiger charge is -2.18. The predicted molar refractivity (Wildman–Crippen MR) is 84.6 cm³/mol. The summed E-state index contributed by atoms with van der Waals surface area (Å²) in [5, 5.41) is 13.0. The van der Waals surface area contributed by atoms with Crippen molar-refractivity contribution < 1.29 is 13.3 Å². The summed E-state index contributed by atoms with van der Waals surface area (Å²) in [6.07, 6.45) is 2.11. The molecule has 0 saturated heterocycles. The molecule has 1 aromatic carbocycles. The minimum Gasteiger partial charge on any atom is -0.390 e. The highest BCUT2D eigenvalue weighted by Crippen LogP contribution is 2.31. The molecule has 0 bridgehead atoms. The lowest BCUT2D eigenvalue weighted by molar-refractivity contribution is -0.394. The maximum Gasteiger partial charge on any atom is 0.491 e. The first-order valence-electron chi connectivity index (χ1n) is 6.69. The number of hydrogen-bond acceptors (Lipinski definition) is 6. The Balaban J connectivity index is 2.60. The summed E-state index contributed by atoms with van der Waals surface area (Å²) in [5.41, 5.74) is 3.19. The highest BCUT2D eigenvalue weighted by molar-refractivity contribution is 7.90. The maximum atomic E-state index is 12.8. The largest absolute Gasteiger partial charge is 0.491 e. The van der Waals surface area contributed by atoms with E-state index >= 15 is 0 Å². The Morgan fingerprint density at radius 3 is 2.30 bits per heavy atom. The van der Waals surface area contributed by atoms with Crippen LogP contribution in [0.4, 0.5) is 5.95 Å². The van der Waals surface area contributed by atoms with Crippen LogP contribution in [0.2, 0.25) is 0 Å². The Hall–Kier alpha value is -2.55. The molecule has 1 heterocycles. The molecule has 9 heteroatoms. The van der Waals surface area contributed by atoms with Crippen molar-refractivity contribution in [2.75, 3.05) is 0 Å². The van der Waals surface area contributed by atoms with Crippen molar-refractivity contribution in [3.05, 3.63) is 63.5 Å². The normalized spacial score (nSPS) is 12.8. The van der Waals surface area contributed by atoms with Crippen LogP contribution in [0.3, 0.4) is 0 Å². The fourth-order valence-corrected chi connectivity index (χ4v) is 4.10. The molecular weight excluding hydrogens is 320 g/mol. The molecule has 1 aromatic heterocycles. The van der Waals surface area contributed by atoms with Crippen molar-refractivity contribution in [3.8, 4) is 0 Å². The maximum absolute atomic E-state index is 12.8. The van der Waals surface area contributed by atoms with Gasteiger partial charge in [0.05, 0.1) is 0 Å². The van der Waals surface area contributed by atoms with E-state index in [4.69, 9.17) is 0 Å². The fraction of sp³-hybridized carbons (Fsp3) is 0.286. The molecule has 8 nitrogen and oxygen atoms in total. The van der Waals surface area contributed by atoms with Gasteiger partial charge in [-0.15, -0.1) is 6.58 Å². The summed E-state index contributed by atoms with van der Waals surface area (Å²) in [5.74, 6) is -0.770. The van der Waals surface area contributed by atoms with Gasteiger partial charge in [0.25, 0.3) is 10.0 Å². The van der Waals surface area contributed by atoms with E-state index < -0.39 is 26.1 Å². The lowest BCUT2D eigenvalue weighted by atomic mass is 9.97. The Morgan fingerprint density at radius 2 is 1.87 bits per heavy atom. The first kappa shape index (κ1) is 16.8. The molecule has 0 N–H and O–H groups in total. The molecule has 0 spiro atoms. The lowest BCUT2D eigenvalue weighted by Crippen LogP contribution is -2.22. The van der Waals surface area contributed by atoms with E-state index in [0.29, 0.717) is 9.65 Å². The van der Waals surface area contributed by atoms with Gasteiger partial charge in [0.1, 0.15) is 5.25 Å². The van der Waals surface area contributed by atoms with Crippen LogP contribution in [0.5, 0.6) is 0 Å². The van der Waals surface area contributed by atoms with E-state index in [-0.39, 0.29) is 0 Å². The van der Waals surface area contributed by atoms with Crippen LogP contribution in [0.25, 0.3) is 0 Å². The number of nitrogens with zero attached hydrogens (tertiary/aromatic N) is 4. The second-order valence-electron chi connectivity index (χ2n) is 5.19. The zero-order chi connectivity index (χ0) is 17.4. The van der Waals surface area contributed by atoms with Gasteiger partial charge >= 0.3 is 5.95 Å². The van der Waals surface area contributed by atoms with Crippen molar-refractivity contribution in [3.63, 3.8) is 0 Å². The highest BCUT2D eigenvalue weighted by Gasteiger charge is 2.33. The van der Waals surface area contributed by atoms with Crippen LogP contribution in [0.1, 0.15) is 27.5 Å². The number of rotatable bonds is 5. The van der Waals surface area contributed by atoms with Crippen LogP contribution in [0.15, 0.2) is 31.1 Å². The summed E-state index contributed by atoms with van der Waals surface area (Å²) in [4.78, 5) is 13.2. The van der Waals surface area contributed by atoms with Crippen LogP contribution in [-0.2, 0) is 10.0 Å². The highest BCUT2D eigenvalue weighted by atomic mass is 32.2. The van der Waals surface area contributed by atoms with E-state index in [1.165, 1.54) is 6.08 Å². The van der Waals surface area contributed by atoms with E-state index in [1.807, 2.05) is 32.9 Å². The fourth-order valence-electron chi connectivity index (χ4n) is 2.59. The molecule has 0 aliphatic heterocycles. The third kappa shape index (κ3) is 3.00. The molecule has 0 radical (unpaired) electrons. The molecule has 0 fully saturated rings. The van der Waals surface area contributed by atoms with Gasteiger partial charge in [-0.1, -0.05) is 27.9 Å². The quantitative estimate of drug-likeness (QED) is 0.470.